The van der Waals surface area contributed by atoms with Crippen LogP contribution >= 0.6 is 0 Å². The molecule has 2 aromatic carbocycles. The molecule has 0 spiro atoms. The maximum Gasteiger partial charge on any atom is 0.323 e. The van der Waals surface area contributed by atoms with Crippen molar-refractivity contribution in [3.8, 4) is 0 Å². The van der Waals surface area contributed by atoms with E-state index in [0.717, 1.165) is 38.6 Å². The zero-order chi connectivity index (χ0) is 45.1. The first-order valence-electron chi connectivity index (χ1n) is 24.5. The Balaban J connectivity index is 0.000000331. The zero-order valence-corrected chi connectivity index (χ0v) is 38.7. The fraction of sp³-hybridized carbons (Fsp3) is 0.692. The van der Waals surface area contributed by atoms with Crippen molar-refractivity contribution in [2.45, 2.75) is 206 Å². The lowest BCUT2D eigenvalue weighted by Crippen LogP contribution is -2.40. The summed E-state index contributed by atoms with van der Waals surface area (Å²) in [5.41, 5.74) is 2.19. The first-order valence-corrected chi connectivity index (χ1v) is 24.5. The third-order valence-electron chi connectivity index (χ3n) is 13.3. The molecule has 5 N–H and O–H groups in total. The third kappa shape index (κ3) is 18.1. The van der Waals surface area contributed by atoms with Gasteiger partial charge in [-0.15, -0.1) is 0 Å². The summed E-state index contributed by atoms with van der Waals surface area (Å²) in [6.07, 6.45) is 27.1. The van der Waals surface area contributed by atoms with Gasteiger partial charge in [-0.25, -0.2) is 0 Å². The molecule has 2 aliphatic carbocycles. The van der Waals surface area contributed by atoms with Crippen LogP contribution in [-0.2, 0) is 49.7 Å². The Morgan fingerprint density at radius 2 is 0.903 bits per heavy atom. The minimum Gasteiger partial charge on any atom is -0.480 e. The van der Waals surface area contributed by atoms with Crippen molar-refractivity contribution in [2.75, 3.05) is 13.2 Å². The van der Waals surface area contributed by atoms with E-state index in [4.69, 9.17) is 4.74 Å². The van der Waals surface area contributed by atoms with Crippen LogP contribution in [0.3, 0.4) is 0 Å². The van der Waals surface area contributed by atoms with E-state index in [9.17, 15) is 34.5 Å². The van der Waals surface area contributed by atoms with Crippen LogP contribution in [0.15, 0.2) is 48.5 Å². The molecule has 0 saturated heterocycles. The predicted molar refractivity (Wildman–Crippen MR) is 248 cm³/mol. The van der Waals surface area contributed by atoms with Crippen molar-refractivity contribution in [1.82, 2.24) is 10.6 Å². The molecule has 4 rings (SSSR count). The van der Waals surface area contributed by atoms with Crippen LogP contribution in [0.2, 0.25) is 0 Å². The molecule has 2 saturated carbocycles. The number of nitrogens with one attached hydrogen (secondary N) is 2. The number of carbonyl (C=O) groups excluding carboxylic acids is 1. The van der Waals surface area contributed by atoms with Crippen LogP contribution in [-0.4, -0.2) is 64.4 Å². The Bertz CT molecular complexity index is 1560. The molecule has 0 aliphatic heterocycles. The topological polar surface area (TPSA) is 162 Å². The summed E-state index contributed by atoms with van der Waals surface area (Å²) in [6, 6.07) is 17.5. The van der Waals surface area contributed by atoms with Gasteiger partial charge in [0.1, 0.15) is 0 Å². The van der Waals surface area contributed by atoms with Gasteiger partial charge in [0.05, 0.1) is 6.61 Å². The summed E-state index contributed by atoms with van der Waals surface area (Å²) < 4.78 is 5.27. The van der Waals surface area contributed by atoms with Crippen LogP contribution < -0.4 is 10.6 Å². The highest BCUT2D eigenvalue weighted by Gasteiger charge is 2.53. The highest BCUT2D eigenvalue weighted by molar-refractivity contribution is 5.99. The van der Waals surface area contributed by atoms with Crippen molar-refractivity contribution in [3.63, 3.8) is 0 Å². The number of carbonyl (C=O) groups is 4. The predicted octanol–water partition coefficient (Wildman–Crippen LogP) is 11.2. The van der Waals surface area contributed by atoms with Gasteiger partial charge in [-0.05, 0) is 106 Å². The summed E-state index contributed by atoms with van der Waals surface area (Å²) in [5.74, 6) is -4.06. The van der Waals surface area contributed by atoms with Crippen molar-refractivity contribution in [1.29, 1.82) is 0 Å². The minimum atomic E-state index is -1.62. The number of rotatable bonds is 31. The lowest BCUT2D eigenvalue weighted by Gasteiger charge is -2.22. The Morgan fingerprint density at radius 1 is 0.516 bits per heavy atom. The maximum atomic E-state index is 12.5. The molecule has 0 amide bonds. The first-order chi connectivity index (χ1) is 30.0. The molecule has 2 aromatic rings. The molecule has 3 atom stereocenters. The Hall–Kier alpha value is -3.76. The largest absolute Gasteiger partial charge is 0.480 e. The molecule has 0 bridgehead atoms. The molecule has 0 heterocycles. The van der Waals surface area contributed by atoms with Crippen LogP contribution in [0, 0.1) is 10.8 Å². The average Bonchev–Trinajstić information content (AvgIpc) is 3.92. The van der Waals surface area contributed by atoms with E-state index in [1.165, 1.54) is 119 Å². The fourth-order valence-electron chi connectivity index (χ4n) is 8.96. The number of benzene rings is 2. The highest BCUT2D eigenvalue weighted by atomic mass is 16.5. The second-order valence-corrected chi connectivity index (χ2v) is 18.3. The van der Waals surface area contributed by atoms with Crippen LogP contribution in [0.5, 0.6) is 0 Å². The van der Waals surface area contributed by atoms with Crippen molar-refractivity contribution >= 4 is 23.9 Å². The molecule has 0 radical (unpaired) electrons. The lowest BCUT2D eigenvalue weighted by molar-refractivity contribution is -0.169. The SMILES string of the molecule is CCCCCCCCCCc1ccc(CCNC2CCC(C(=O)O)(C(=O)O)C2)cc1.CCCCCCCCCc1ccc(CNC2CCC(C(=O)O)(C(=O)OCCCC)C2)cc1. The van der Waals surface area contributed by atoms with E-state index in [0.29, 0.717) is 38.8 Å². The molecular formula is C52H82N2O8. The monoisotopic (exact) mass is 863 g/mol. The maximum absolute atomic E-state index is 12.5. The van der Waals surface area contributed by atoms with E-state index in [1.807, 2.05) is 6.92 Å². The van der Waals surface area contributed by atoms with Gasteiger partial charge in [0.2, 0.25) is 0 Å². The molecule has 2 aliphatic rings. The average molecular weight is 863 g/mol. The number of hydrogen-bond donors (Lipinski definition) is 5. The van der Waals surface area contributed by atoms with Gasteiger partial charge in [-0.1, -0.05) is 159 Å². The zero-order valence-electron chi connectivity index (χ0n) is 38.7. The highest BCUT2D eigenvalue weighted by Crippen LogP contribution is 2.41. The van der Waals surface area contributed by atoms with Crippen molar-refractivity contribution in [2.24, 2.45) is 10.8 Å². The number of esters is 1. The first kappa shape index (κ1) is 52.6. The van der Waals surface area contributed by atoms with Gasteiger partial charge in [0, 0.05) is 18.6 Å². The van der Waals surface area contributed by atoms with E-state index < -0.39 is 34.7 Å². The van der Waals surface area contributed by atoms with E-state index in [2.05, 4.69) is 73.0 Å². The Morgan fingerprint density at radius 3 is 1.35 bits per heavy atom. The van der Waals surface area contributed by atoms with Gasteiger partial charge in [0.15, 0.2) is 10.8 Å². The van der Waals surface area contributed by atoms with E-state index in [-0.39, 0.29) is 24.9 Å². The van der Waals surface area contributed by atoms with Gasteiger partial charge in [-0.3, -0.25) is 19.2 Å². The Labute approximate surface area is 373 Å². The quantitative estimate of drug-likeness (QED) is 0.0280. The molecule has 3 unspecified atom stereocenters. The third-order valence-corrected chi connectivity index (χ3v) is 13.3. The normalized spacial score (nSPS) is 19.1. The summed E-state index contributed by atoms with van der Waals surface area (Å²) in [5, 5.41) is 35.2. The number of aliphatic carboxylic acids is 3. The molecular weight excluding hydrogens is 781 g/mol. The molecule has 62 heavy (non-hydrogen) atoms. The summed E-state index contributed by atoms with van der Waals surface area (Å²) in [7, 11) is 0. The molecule has 10 heteroatoms. The Kier molecular flexibility index (Phi) is 25.1. The number of carboxylic acids is 3. The fourth-order valence-corrected chi connectivity index (χ4v) is 8.96. The second kappa shape index (κ2) is 29.6. The van der Waals surface area contributed by atoms with Crippen LogP contribution in [0.4, 0.5) is 0 Å². The number of carboxylic acid groups (broad SMARTS) is 3. The van der Waals surface area contributed by atoms with Gasteiger partial charge in [-0.2, -0.15) is 0 Å². The molecule has 0 aromatic heterocycles. The molecule has 348 valence electrons. The second-order valence-electron chi connectivity index (χ2n) is 18.3. The van der Waals surface area contributed by atoms with Gasteiger partial charge < -0.3 is 30.7 Å². The van der Waals surface area contributed by atoms with E-state index in [1.54, 1.807) is 0 Å². The molecule has 10 nitrogen and oxygen atoms in total. The number of hydrogen-bond acceptors (Lipinski definition) is 7. The van der Waals surface area contributed by atoms with Crippen molar-refractivity contribution in [3.05, 3.63) is 70.8 Å². The van der Waals surface area contributed by atoms with E-state index >= 15 is 0 Å². The smallest absolute Gasteiger partial charge is 0.323 e. The summed E-state index contributed by atoms with van der Waals surface area (Å²) in [4.78, 5) is 47.2. The number of unbranched alkanes of at least 4 members (excludes halogenated alkanes) is 14. The number of aryl methyl sites for hydroxylation is 2. The summed E-state index contributed by atoms with van der Waals surface area (Å²) in [6.45, 7) is 8.23. The lowest BCUT2D eigenvalue weighted by atomic mass is 9.86. The standard InChI is InChI=1S/C27H43NO4.C25H39NO4/c1-3-5-7-8-9-10-11-12-22-13-15-23(16-14-22)21-28-24-17-18-27(20-24,25(29)30)26(31)32-19-6-4-2;1-2-3-4-5-6-7-8-9-10-20-11-13-21(14-12-20)16-18-26-22-15-17-25(19-22,23(27)28)24(29)30/h13-16,24,28H,3-12,17-21H2,1-2H3,(H,29,30);11-14,22,26H,2-10,15-19H2,1H3,(H,27,28)(H,29,30). The number of ether oxygens (including phenoxy) is 1. The molecule has 2 fully saturated rings. The minimum absolute atomic E-state index is 0.0113. The summed E-state index contributed by atoms with van der Waals surface area (Å²) >= 11 is 0. The van der Waals surface area contributed by atoms with Crippen LogP contribution in [0.1, 0.15) is 191 Å². The van der Waals surface area contributed by atoms with Crippen molar-refractivity contribution < 1.29 is 39.2 Å². The van der Waals surface area contributed by atoms with Gasteiger partial charge >= 0.3 is 23.9 Å². The van der Waals surface area contributed by atoms with Crippen LogP contribution in [0.25, 0.3) is 0 Å². The van der Waals surface area contributed by atoms with Gasteiger partial charge in [0.25, 0.3) is 0 Å².